The number of thiophene rings is 1. The third-order valence-electron chi connectivity index (χ3n) is 5.14. The van der Waals surface area contributed by atoms with Crippen molar-refractivity contribution in [2.75, 3.05) is 36.0 Å². The molecule has 4 nitrogen and oxygen atoms in total. The van der Waals surface area contributed by atoms with Crippen molar-refractivity contribution in [1.82, 2.24) is 9.97 Å². The molecule has 0 aliphatic carbocycles. The zero-order valence-electron chi connectivity index (χ0n) is 15.3. The fourth-order valence-corrected chi connectivity index (χ4v) is 4.71. The number of halogens is 1. The highest BCUT2D eigenvalue weighted by Crippen LogP contribution is 2.36. The van der Waals surface area contributed by atoms with E-state index in [1.807, 2.05) is 30.3 Å². The lowest BCUT2D eigenvalue weighted by atomic mass is 10.2. The zero-order chi connectivity index (χ0) is 18.9. The molecule has 0 spiro atoms. The predicted octanol–water partition coefficient (Wildman–Crippen LogP) is 4.82. The van der Waals surface area contributed by atoms with Gasteiger partial charge in [0, 0.05) is 31.1 Å². The van der Waals surface area contributed by atoms with Gasteiger partial charge < -0.3 is 9.80 Å². The third kappa shape index (κ3) is 3.10. The molecule has 6 heteroatoms. The monoisotopic (exact) mass is 390 g/mol. The van der Waals surface area contributed by atoms with E-state index < -0.39 is 0 Å². The van der Waals surface area contributed by atoms with Gasteiger partial charge >= 0.3 is 0 Å². The Bertz CT molecular complexity index is 1100. The Morgan fingerprint density at radius 3 is 2.32 bits per heavy atom. The zero-order valence-corrected chi connectivity index (χ0v) is 16.1. The molecule has 0 N–H and O–H groups in total. The predicted molar refractivity (Wildman–Crippen MR) is 114 cm³/mol. The number of fused-ring (bicyclic) bond motifs is 1. The van der Waals surface area contributed by atoms with Crippen LogP contribution in [0.4, 0.5) is 15.9 Å². The van der Waals surface area contributed by atoms with Gasteiger partial charge in [0.2, 0.25) is 0 Å². The van der Waals surface area contributed by atoms with E-state index in [0.29, 0.717) is 5.69 Å². The summed E-state index contributed by atoms with van der Waals surface area (Å²) in [6.45, 7) is 3.14. The van der Waals surface area contributed by atoms with Gasteiger partial charge in [0.05, 0.1) is 11.1 Å². The van der Waals surface area contributed by atoms with Gasteiger partial charge in [0.1, 0.15) is 22.8 Å². The molecule has 2 aromatic carbocycles. The van der Waals surface area contributed by atoms with E-state index in [2.05, 4.69) is 38.0 Å². The first kappa shape index (κ1) is 17.1. The Hall–Kier alpha value is -2.99. The van der Waals surface area contributed by atoms with Gasteiger partial charge in [-0.2, -0.15) is 0 Å². The maximum absolute atomic E-state index is 14.1. The van der Waals surface area contributed by atoms with Crippen LogP contribution in [0, 0.1) is 5.82 Å². The van der Waals surface area contributed by atoms with Crippen molar-refractivity contribution in [1.29, 1.82) is 0 Å². The Labute approximate surface area is 166 Å². The standard InChI is InChI=1S/C22H19FN4S/c23-18-8-4-5-9-19(18)26-10-12-27(13-11-26)21-17-14-20(16-6-2-1-3-7-16)28-22(17)25-15-24-21/h1-9,14-15H,10-13H2. The van der Waals surface area contributed by atoms with Crippen molar-refractivity contribution in [3.05, 3.63) is 72.8 Å². The first-order valence-corrected chi connectivity index (χ1v) is 10.2. The maximum Gasteiger partial charge on any atom is 0.146 e. The van der Waals surface area contributed by atoms with Crippen LogP contribution < -0.4 is 9.80 Å². The molecule has 3 heterocycles. The Morgan fingerprint density at radius 2 is 1.54 bits per heavy atom. The highest BCUT2D eigenvalue weighted by Gasteiger charge is 2.22. The second kappa shape index (κ2) is 7.20. The summed E-state index contributed by atoms with van der Waals surface area (Å²) in [4.78, 5) is 15.6. The molecule has 0 atom stereocenters. The van der Waals surface area contributed by atoms with Gasteiger partial charge in [-0.3, -0.25) is 0 Å². The van der Waals surface area contributed by atoms with E-state index in [9.17, 15) is 4.39 Å². The summed E-state index contributed by atoms with van der Waals surface area (Å²) in [6, 6.07) is 19.5. The summed E-state index contributed by atoms with van der Waals surface area (Å²) in [5.74, 6) is 0.808. The van der Waals surface area contributed by atoms with E-state index in [1.54, 1.807) is 23.7 Å². The average molecular weight is 390 g/mol. The van der Waals surface area contributed by atoms with Crippen molar-refractivity contribution in [2.45, 2.75) is 0 Å². The minimum Gasteiger partial charge on any atom is -0.366 e. The van der Waals surface area contributed by atoms with Crippen LogP contribution >= 0.6 is 11.3 Å². The number of anilines is 2. The van der Waals surface area contributed by atoms with Crippen LogP contribution in [0.3, 0.4) is 0 Å². The maximum atomic E-state index is 14.1. The number of rotatable bonds is 3. The summed E-state index contributed by atoms with van der Waals surface area (Å²) < 4.78 is 14.1. The Kier molecular flexibility index (Phi) is 4.41. The van der Waals surface area contributed by atoms with Crippen LogP contribution in [-0.2, 0) is 0 Å². The number of aromatic nitrogens is 2. The average Bonchev–Trinajstić information content (AvgIpc) is 3.19. The second-order valence-corrected chi connectivity index (χ2v) is 7.85. The lowest BCUT2D eigenvalue weighted by molar-refractivity contribution is 0.596. The van der Waals surface area contributed by atoms with Gasteiger partial charge in [0.15, 0.2) is 0 Å². The first-order valence-electron chi connectivity index (χ1n) is 9.34. The topological polar surface area (TPSA) is 32.3 Å². The van der Waals surface area contributed by atoms with E-state index in [4.69, 9.17) is 0 Å². The minimum atomic E-state index is -0.161. The van der Waals surface area contributed by atoms with Crippen LogP contribution in [0.15, 0.2) is 67.0 Å². The number of hydrogen-bond acceptors (Lipinski definition) is 5. The smallest absolute Gasteiger partial charge is 0.146 e. The van der Waals surface area contributed by atoms with E-state index in [1.165, 1.54) is 16.5 Å². The van der Waals surface area contributed by atoms with Crippen molar-refractivity contribution in [3.8, 4) is 10.4 Å². The lowest BCUT2D eigenvalue weighted by Gasteiger charge is -2.37. The fourth-order valence-electron chi connectivity index (χ4n) is 3.71. The van der Waals surface area contributed by atoms with E-state index in [-0.39, 0.29) is 5.82 Å². The largest absolute Gasteiger partial charge is 0.366 e. The van der Waals surface area contributed by atoms with Crippen LogP contribution in [0.2, 0.25) is 0 Å². The van der Waals surface area contributed by atoms with Gasteiger partial charge in [-0.25, -0.2) is 14.4 Å². The number of para-hydroxylation sites is 1. The first-order chi connectivity index (χ1) is 13.8. The molecule has 0 amide bonds. The lowest BCUT2D eigenvalue weighted by Crippen LogP contribution is -2.47. The molecule has 140 valence electrons. The summed E-state index contributed by atoms with van der Waals surface area (Å²) in [7, 11) is 0. The van der Waals surface area contributed by atoms with Gasteiger partial charge in [-0.15, -0.1) is 11.3 Å². The van der Waals surface area contributed by atoms with Crippen LogP contribution in [0.25, 0.3) is 20.7 Å². The minimum absolute atomic E-state index is 0.161. The van der Waals surface area contributed by atoms with Crippen molar-refractivity contribution >= 4 is 33.1 Å². The molecule has 1 aliphatic rings. The summed E-state index contributed by atoms with van der Waals surface area (Å²) in [5.41, 5.74) is 1.87. The van der Waals surface area contributed by atoms with Crippen LogP contribution in [-0.4, -0.2) is 36.1 Å². The number of hydrogen-bond donors (Lipinski definition) is 0. The molecule has 0 radical (unpaired) electrons. The van der Waals surface area contributed by atoms with E-state index >= 15 is 0 Å². The fraction of sp³-hybridized carbons (Fsp3) is 0.182. The summed E-state index contributed by atoms with van der Waals surface area (Å²) in [6.07, 6.45) is 1.65. The third-order valence-corrected chi connectivity index (χ3v) is 6.23. The Morgan fingerprint density at radius 1 is 0.821 bits per heavy atom. The molecule has 0 unspecified atom stereocenters. The van der Waals surface area contributed by atoms with Gasteiger partial charge in [-0.05, 0) is 23.8 Å². The molecule has 0 saturated carbocycles. The van der Waals surface area contributed by atoms with Gasteiger partial charge in [0.25, 0.3) is 0 Å². The Balaban J connectivity index is 1.41. The molecule has 1 fully saturated rings. The van der Waals surface area contributed by atoms with Crippen molar-refractivity contribution in [2.24, 2.45) is 0 Å². The number of nitrogens with zero attached hydrogens (tertiary/aromatic N) is 4. The molecule has 4 aromatic rings. The molecule has 2 aromatic heterocycles. The molecule has 1 aliphatic heterocycles. The van der Waals surface area contributed by atoms with Crippen LogP contribution in [0.1, 0.15) is 0 Å². The van der Waals surface area contributed by atoms with Crippen LogP contribution in [0.5, 0.6) is 0 Å². The molecular formula is C22H19FN4S. The quantitative estimate of drug-likeness (QED) is 0.502. The normalized spacial score (nSPS) is 14.6. The highest BCUT2D eigenvalue weighted by atomic mass is 32.1. The van der Waals surface area contributed by atoms with Gasteiger partial charge in [-0.1, -0.05) is 42.5 Å². The summed E-state index contributed by atoms with van der Waals surface area (Å²) in [5, 5.41) is 1.09. The SMILES string of the molecule is Fc1ccccc1N1CCN(c2ncnc3sc(-c4ccccc4)cc23)CC1. The van der Waals surface area contributed by atoms with E-state index in [0.717, 1.165) is 42.2 Å². The molecular weight excluding hydrogens is 371 g/mol. The number of benzene rings is 2. The molecule has 28 heavy (non-hydrogen) atoms. The molecule has 5 rings (SSSR count). The second-order valence-electron chi connectivity index (χ2n) is 6.82. The van der Waals surface area contributed by atoms with Crippen molar-refractivity contribution < 1.29 is 4.39 Å². The molecule has 0 bridgehead atoms. The number of piperazine rings is 1. The summed E-state index contributed by atoms with van der Waals surface area (Å²) >= 11 is 1.69. The highest BCUT2D eigenvalue weighted by molar-refractivity contribution is 7.21. The molecule has 1 saturated heterocycles. The van der Waals surface area contributed by atoms with Crippen molar-refractivity contribution in [3.63, 3.8) is 0 Å².